The average Bonchev–Trinajstić information content (AvgIpc) is 2.40. The Morgan fingerprint density at radius 1 is 1.16 bits per heavy atom. The molecular formula is C16H17NO2. The van der Waals surface area contributed by atoms with Gasteiger partial charge in [-0.15, -0.1) is 0 Å². The molecule has 2 aromatic rings. The van der Waals surface area contributed by atoms with Crippen LogP contribution in [0.15, 0.2) is 48.5 Å². The number of carboxylic acids is 1. The van der Waals surface area contributed by atoms with E-state index in [1.54, 1.807) is 0 Å². The first-order valence-electron chi connectivity index (χ1n) is 6.21. The van der Waals surface area contributed by atoms with Gasteiger partial charge in [0, 0.05) is 0 Å². The van der Waals surface area contributed by atoms with E-state index in [4.69, 9.17) is 10.8 Å². The first-order chi connectivity index (χ1) is 9.08. The standard InChI is InChI=1S/C16H17NO2/c1-11-4-2-3-5-14(11)13-8-6-12(7-9-13)10-15(17)16(18)19/h2-9,15H,10,17H2,1H3,(H,18,19)/t15-/m0/s1. The van der Waals surface area contributed by atoms with Crippen LogP contribution in [0.2, 0.25) is 0 Å². The summed E-state index contributed by atoms with van der Waals surface area (Å²) in [6.07, 6.45) is 0.351. The second kappa shape index (κ2) is 5.67. The molecule has 0 aromatic heterocycles. The maximum Gasteiger partial charge on any atom is 0.320 e. The molecule has 0 radical (unpaired) electrons. The molecule has 98 valence electrons. The van der Waals surface area contributed by atoms with Gasteiger partial charge in [0.2, 0.25) is 0 Å². The van der Waals surface area contributed by atoms with Crippen molar-refractivity contribution in [2.45, 2.75) is 19.4 Å². The number of aliphatic carboxylic acids is 1. The fraction of sp³-hybridized carbons (Fsp3) is 0.188. The lowest BCUT2D eigenvalue weighted by Gasteiger charge is -2.09. The highest BCUT2D eigenvalue weighted by atomic mass is 16.4. The van der Waals surface area contributed by atoms with Crippen molar-refractivity contribution < 1.29 is 9.90 Å². The van der Waals surface area contributed by atoms with Crippen molar-refractivity contribution in [2.24, 2.45) is 5.73 Å². The Balaban J connectivity index is 2.19. The van der Waals surface area contributed by atoms with Gasteiger partial charge in [-0.1, -0.05) is 48.5 Å². The van der Waals surface area contributed by atoms with E-state index >= 15 is 0 Å². The molecule has 0 heterocycles. The minimum atomic E-state index is -0.969. The molecule has 19 heavy (non-hydrogen) atoms. The van der Waals surface area contributed by atoms with Crippen LogP contribution in [0.25, 0.3) is 11.1 Å². The predicted octanol–water partition coefficient (Wildman–Crippen LogP) is 2.62. The zero-order valence-corrected chi connectivity index (χ0v) is 10.8. The van der Waals surface area contributed by atoms with Gasteiger partial charge < -0.3 is 10.8 Å². The smallest absolute Gasteiger partial charge is 0.320 e. The molecule has 0 spiro atoms. The number of carboxylic acid groups (broad SMARTS) is 1. The van der Waals surface area contributed by atoms with Crippen LogP contribution in [0.1, 0.15) is 11.1 Å². The van der Waals surface area contributed by atoms with Crippen molar-refractivity contribution in [3.05, 3.63) is 59.7 Å². The van der Waals surface area contributed by atoms with Crippen LogP contribution in [0, 0.1) is 6.92 Å². The SMILES string of the molecule is Cc1ccccc1-c1ccc(C[C@H](N)C(=O)O)cc1. The summed E-state index contributed by atoms with van der Waals surface area (Å²) >= 11 is 0. The maximum absolute atomic E-state index is 10.7. The average molecular weight is 255 g/mol. The van der Waals surface area contributed by atoms with Crippen molar-refractivity contribution in [3.63, 3.8) is 0 Å². The van der Waals surface area contributed by atoms with E-state index in [9.17, 15) is 4.79 Å². The van der Waals surface area contributed by atoms with E-state index in [-0.39, 0.29) is 0 Å². The van der Waals surface area contributed by atoms with Gasteiger partial charge in [-0.2, -0.15) is 0 Å². The molecule has 0 aliphatic rings. The lowest BCUT2D eigenvalue weighted by molar-refractivity contribution is -0.138. The Bertz CT molecular complexity index is 576. The zero-order chi connectivity index (χ0) is 13.8. The molecule has 1 atom stereocenters. The third-order valence-corrected chi connectivity index (χ3v) is 3.18. The molecule has 0 saturated heterocycles. The van der Waals surface area contributed by atoms with E-state index in [0.29, 0.717) is 6.42 Å². The highest BCUT2D eigenvalue weighted by Gasteiger charge is 2.11. The number of nitrogens with two attached hydrogens (primary N) is 1. The molecule has 0 aliphatic carbocycles. The molecule has 0 unspecified atom stereocenters. The molecule has 2 rings (SSSR count). The summed E-state index contributed by atoms with van der Waals surface area (Å²) in [5, 5.41) is 8.79. The molecule has 0 bridgehead atoms. The van der Waals surface area contributed by atoms with Crippen LogP contribution in [0.3, 0.4) is 0 Å². The van der Waals surface area contributed by atoms with Gasteiger partial charge in [-0.05, 0) is 35.6 Å². The Labute approximate surface area is 112 Å². The fourth-order valence-electron chi connectivity index (χ4n) is 2.06. The summed E-state index contributed by atoms with van der Waals surface area (Å²) in [6.45, 7) is 2.07. The van der Waals surface area contributed by atoms with Crippen LogP contribution < -0.4 is 5.73 Å². The van der Waals surface area contributed by atoms with E-state index in [1.807, 2.05) is 36.4 Å². The highest BCUT2D eigenvalue weighted by molar-refractivity contribution is 5.73. The molecule has 0 amide bonds. The van der Waals surface area contributed by atoms with Gasteiger partial charge in [0.05, 0.1) is 0 Å². The van der Waals surface area contributed by atoms with E-state index in [0.717, 1.165) is 11.1 Å². The predicted molar refractivity (Wildman–Crippen MR) is 75.9 cm³/mol. The third kappa shape index (κ3) is 3.20. The largest absolute Gasteiger partial charge is 0.480 e. The molecule has 3 N–H and O–H groups in total. The molecule has 0 aliphatic heterocycles. The van der Waals surface area contributed by atoms with Crippen LogP contribution >= 0.6 is 0 Å². The summed E-state index contributed by atoms with van der Waals surface area (Å²) in [7, 11) is 0. The molecular weight excluding hydrogens is 238 g/mol. The summed E-state index contributed by atoms with van der Waals surface area (Å²) in [6, 6.07) is 15.2. The van der Waals surface area contributed by atoms with E-state index in [1.165, 1.54) is 11.1 Å². The van der Waals surface area contributed by atoms with E-state index in [2.05, 4.69) is 19.1 Å². The van der Waals surface area contributed by atoms with Crippen LogP contribution in [0.4, 0.5) is 0 Å². The summed E-state index contributed by atoms with van der Waals surface area (Å²) < 4.78 is 0. The molecule has 3 nitrogen and oxygen atoms in total. The van der Waals surface area contributed by atoms with Crippen molar-refractivity contribution in [1.82, 2.24) is 0 Å². The van der Waals surface area contributed by atoms with Crippen LogP contribution in [-0.2, 0) is 11.2 Å². The monoisotopic (exact) mass is 255 g/mol. The lowest BCUT2D eigenvalue weighted by atomic mass is 9.98. The maximum atomic E-state index is 10.7. The van der Waals surface area contributed by atoms with Gasteiger partial charge in [0.25, 0.3) is 0 Å². The number of aryl methyl sites for hydroxylation is 1. The minimum Gasteiger partial charge on any atom is -0.480 e. The van der Waals surface area contributed by atoms with Gasteiger partial charge in [-0.3, -0.25) is 4.79 Å². The Hall–Kier alpha value is -2.13. The number of hydrogen-bond donors (Lipinski definition) is 2. The topological polar surface area (TPSA) is 63.3 Å². The zero-order valence-electron chi connectivity index (χ0n) is 10.8. The Morgan fingerprint density at radius 3 is 2.37 bits per heavy atom. The minimum absolute atomic E-state index is 0.351. The summed E-state index contributed by atoms with van der Waals surface area (Å²) in [4.78, 5) is 10.7. The van der Waals surface area contributed by atoms with E-state index < -0.39 is 12.0 Å². The molecule has 3 heteroatoms. The number of hydrogen-bond acceptors (Lipinski definition) is 2. The van der Waals surface area contributed by atoms with Crippen molar-refractivity contribution >= 4 is 5.97 Å². The molecule has 2 aromatic carbocycles. The summed E-state index contributed by atoms with van der Waals surface area (Å²) in [5.74, 6) is -0.969. The number of rotatable bonds is 4. The first kappa shape index (κ1) is 13.3. The van der Waals surface area contributed by atoms with Crippen molar-refractivity contribution in [3.8, 4) is 11.1 Å². The Kier molecular flexibility index (Phi) is 3.97. The Morgan fingerprint density at radius 2 is 1.79 bits per heavy atom. The second-order valence-corrected chi connectivity index (χ2v) is 4.66. The fourth-order valence-corrected chi connectivity index (χ4v) is 2.06. The third-order valence-electron chi connectivity index (χ3n) is 3.18. The number of carbonyl (C=O) groups is 1. The van der Waals surface area contributed by atoms with Gasteiger partial charge >= 0.3 is 5.97 Å². The quantitative estimate of drug-likeness (QED) is 0.882. The molecule has 0 fully saturated rings. The van der Waals surface area contributed by atoms with Gasteiger partial charge in [0.1, 0.15) is 6.04 Å². The normalized spacial score (nSPS) is 12.1. The summed E-state index contributed by atoms with van der Waals surface area (Å²) in [5.41, 5.74) is 10.0. The number of benzene rings is 2. The molecule has 0 saturated carbocycles. The van der Waals surface area contributed by atoms with Crippen molar-refractivity contribution in [2.75, 3.05) is 0 Å². The van der Waals surface area contributed by atoms with Gasteiger partial charge in [0.15, 0.2) is 0 Å². The lowest BCUT2D eigenvalue weighted by Crippen LogP contribution is -2.32. The second-order valence-electron chi connectivity index (χ2n) is 4.66. The van der Waals surface area contributed by atoms with Crippen molar-refractivity contribution in [1.29, 1.82) is 0 Å². The highest BCUT2D eigenvalue weighted by Crippen LogP contribution is 2.23. The van der Waals surface area contributed by atoms with Crippen LogP contribution in [-0.4, -0.2) is 17.1 Å². The first-order valence-corrected chi connectivity index (χ1v) is 6.21. The van der Waals surface area contributed by atoms with Crippen LogP contribution in [0.5, 0.6) is 0 Å². The van der Waals surface area contributed by atoms with Gasteiger partial charge in [-0.25, -0.2) is 0 Å².